The van der Waals surface area contributed by atoms with Gasteiger partial charge in [0, 0.05) is 6.07 Å². The van der Waals surface area contributed by atoms with Gasteiger partial charge < -0.3 is 5.73 Å². The van der Waals surface area contributed by atoms with Gasteiger partial charge in [0.2, 0.25) is 0 Å². The molecule has 3 heteroatoms. The van der Waals surface area contributed by atoms with E-state index in [-0.39, 0.29) is 5.92 Å². The number of hydrogen-bond acceptors (Lipinski definition) is 1. The third-order valence-corrected chi connectivity index (χ3v) is 2.16. The molecule has 0 aliphatic heterocycles. The van der Waals surface area contributed by atoms with Crippen molar-refractivity contribution in [3.63, 3.8) is 0 Å². The van der Waals surface area contributed by atoms with Crippen molar-refractivity contribution >= 4 is 0 Å². The van der Waals surface area contributed by atoms with Crippen LogP contribution in [0, 0.1) is 18.6 Å². The SMILES string of the molecule is Cc1cc(C(C)CN)c(F)cc1F. The molecule has 0 saturated heterocycles. The van der Waals surface area contributed by atoms with E-state index in [0.717, 1.165) is 6.07 Å². The van der Waals surface area contributed by atoms with Crippen molar-refractivity contribution in [1.82, 2.24) is 0 Å². The van der Waals surface area contributed by atoms with Crippen molar-refractivity contribution in [2.24, 2.45) is 5.73 Å². The summed E-state index contributed by atoms with van der Waals surface area (Å²) < 4.78 is 26.0. The largest absolute Gasteiger partial charge is 0.330 e. The summed E-state index contributed by atoms with van der Waals surface area (Å²) in [7, 11) is 0. The first-order valence-corrected chi connectivity index (χ1v) is 4.22. The van der Waals surface area contributed by atoms with Crippen molar-refractivity contribution in [1.29, 1.82) is 0 Å². The van der Waals surface area contributed by atoms with E-state index >= 15 is 0 Å². The fourth-order valence-electron chi connectivity index (χ4n) is 1.18. The quantitative estimate of drug-likeness (QED) is 0.751. The first-order valence-electron chi connectivity index (χ1n) is 4.22. The molecule has 0 aromatic heterocycles. The number of halogens is 2. The molecule has 0 bridgehead atoms. The summed E-state index contributed by atoms with van der Waals surface area (Å²) in [6.07, 6.45) is 0. The lowest BCUT2D eigenvalue weighted by molar-refractivity contribution is 0.556. The van der Waals surface area contributed by atoms with Crippen LogP contribution in [0.3, 0.4) is 0 Å². The molecule has 0 saturated carbocycles. The predicted octanol–water partition coefficient (Wildman–Crippen LogP) is 2.34. The lowest BCUT2D eigenvalue weighted by Gasteiger charge is -2.11. The zero-order chi connectivity index (χ0) is 10.0. The average molecular weight is 185 g/mol. The number of nitrogens with two attached hydrogens (primary N) is 1. The Hall–Kier alpha value is -0.960. The molecule has 0 aliphatic rings. The summed E-state index contributed by atoms with van der Waals surface area (Å²) in [6, 6.07) is 2.43. The zero-order valence-corrected chi connectivity index (χ0v) is 7.77. The van der Waals surface area contributed by atoms with Crippen molar-refractivity contribution in [2.75, 3.05) is 6.54 Å². The van der Waals surface area contributed by atoms with E-state index < -0.39 is 11.6 Å². The molecule has 72 valence electrons. The van der Waals surface area contributed by atoms with Crippen LogP contribution < -0.4 is 5.73 Å². The first kappa shape index (κ1) is 10.1. The monoisotopic (exact) mass is 185 g/mol. The van der Waals surface area contributed by atoms with Gasteiger partial charge in [-0.25, -0.2) is 8.78 Å². The molecule has 13 heavy (non-hydrogen) atoms. The van der Waals surface area contributed by atoms with Gasteiger partial charge in [-0.1, -0.05) is 6.92 Å². The summed E-state index contributed by atoms with van der Waals surface area (Å²) in [5.41, 5.74) is 6.34. The van der Waals surface area contributed by atoms with E-state index in [9.17, 15) is 8.78 Å². The molecule has 1 rings (SSSR count). The molecule has 0 amide bonds. The van der Waals surface area contributed by atoms with Crippen LogP contribution >= 0.6 is 0 Å². The molecular weight excluding hydrogens is 172 g/mol. The summed E-state index contributed by atoms with van der Waals surface area (Å²) >= 11 is 0. The topological polar surface area (TPSA) is 26.0 Å². The van der Waals surface area contributed by atoms with Crippen LogP contribution in [-0.2, 0) is 0 Å². The fourth-order valence-corrected chi connectivity index (χ4v) is 1.18. The van der Waals surface area contributed by atoms with Gasteiger partial charge in [-0.2, -0.15) is 0 Å². The van der Waals surface area contributed by atoms with Gasteiger partial charge in [-0.15, -0.1) is 0 Å². The van der Waals surface area contributed by atoms with E-state index in [1.54, 1.807) is 6.92 Å². The van der Waals surface area contributed by atoms with Crippen LogP contribution in [0.15, 0.2) is 12.1 Å². The zero-order valence-electron chi connectivity index (χ0n) is 7.77. The van der Waals surface area contributed by atoms with Gasteiger partial charge >= 0.3 is 0 Å². The van der Waals surface area contributed by atoms with Gasteiger partial charge in [0.25, 0.3) is 0 Å². The maximum absolute atomic E-state index is 13.2. The van der Waals surface area contributed by atoms with Crippen molar-refractivity contribution in [3.05, 3.63) is 34.9 Å². The Morgan fingerprint density at radius 1 is 1.31 bits per heavy atom. The molecule has 0 spiro atoms. The van der Waals surface area contributed by atoms with E-state index in [2.05, 4.69) is 0 Å². The lowest BCUT2D eigenvalue weighted by Crippen LogP contribution is -2.11. The van der Waals surface area contributed by atoms with E-state index in [1.165, 1.54) is 6.07 Å². The van der Waals surface area contributed by atoms with Gasteiger partial charge in [0.15, 0.2) is 0 Å². The summed E-state index contributed by atoms with van der Waals surface area (Å²) in [4.78, 5) is 0. The Bertz CT molecular complexity index is 310. The fraction of sp³-hybridized carbons (Fsp3) is 0.400. The number of rotatable bonds is 2. The van der Waals surface area contributed by atoms with Gasteiger partial charge in [0.1, 0.15) is 11.6 Å². The van der Waals surface area contributed by atoms with Crippen LogP contribution in [0.5, 0.6) is 0 Å². The molecule has 0 heterocycles. The second kappa shape index (κ2) is 3.83. The van der Waals surface area contributed by atoms with Crippen molar-refractivity contribution in [3.8, 4) is 0 Å². The molecule has 1 aromatic carbocycles. The number of benzene rings is 1. The van der Waals surface area contributed by atoms with E-state index in [1.807, 2.05) is 6.92 Å². The number of aryl methyl sites for hydroxylation is 1. The average Bonchev–Trinajstić information content (AvgIpc) is 2.10. The van der Waals surface area contributed by atoms with Crippen LogP contribution in [0.1, 0.15) is 24.0 Å². The third-order valence-electron chi connectivity index (χ3n) is 2.16. The minimum absolute atomic E-state index is 0.0701. The van der Waals surface area contributed by atoms with Crippen molar-refractivity contribution < 1.29 is 8.78 Å². The van der Waals surface area contributed by atoms with Crippen molar-refractivity contribution in [2.45, 2.75) is 19.8 Å². The standard InChI is InChI=1S/C10H13F2N/c1-6-3-8(7(2)5-13)10(12)4-9(6)11/h3-4,7H,5,13H2,1-2H3. The minimum atomic E-state index is -0.513. The summed E-state index contributed by atoms with van der Waals surface area (Å²) in [5, 5.41) is 0. The second-order valence-corrected chi connectivity index (χ2v) is 3.26. The molecule has 0 aliphatic carbocycles. The van der Waals surface area contributed by atoms with Gasteiger partial charge in [-0.3, -0.25) is 0 Å². The highest BCUT2D eigenvalue weighted by atomic mass is 19.1. The third kappa shape index (κ3) is 2.04. The molecular formula is C10H13F2N. The maximum Gasteiger partial charge on any atom is 0.129 e. The molecule has 1 nitrogen and oxygen atoms in total. The predicted molar refractivity (Wildman–Crippen MR) is 48.6 cm³/mol. The van der Waals surface area contributed by atoms with Crippen LogP contribution in [0.25, 0.3) is 0 Å². The normalized spacial score (nSPS) is 13.0. The molecule has 1 atom stereocenters. The summed E-state index contributed by atoms with van der Waals surface area (Å²) in [5.74, 6) is -1.09. The molecule has 2 N–H and O–H groups in total. The lowest BCUT2D eigenvalue weighted by atomic mass is 9.99. The summed E-state index contributed by atoms with van der Waals surface area (Å²) in [6.45, 7) is 3.79. The Labute approximate surface area is 76.6 Å². The molecule has 0 fully saturated rings. The van der Waals surface area contributed by atoms with Crippen LogP contribution in [0.2, 0.25) is 0 Å². The molecule has 0 radical (unpaired) electrons. The minimum Gasteiger partial charge on any atom is -0.330 e. The van der Waals surface area contributed by atoms with Gasteiger partial charge in [0.05, 0.1) is 0 Å². The maximum atomic E-state index is 13.2. The highest BCUT2D eigenvalue weighted by Crippen LogP contribution is 2.21. The number of hydrogen-bond donors (Lipinski definition) is 1. The Morgan fingerprint density at radius 2 is 1.92 bits per heavy atom. The Kier molecular flexibility index (Phi) is 2.98. The van der Waals surface area contributed by atoms with Crippen LogP contribution in [0.4, 0.5) is 8.78 Å². The van der Waals surface area contributed by atoms with Gasteiger partial charge in [-0.05, 0) is 36.6 Å². The highest BCUT2D eigenvalue weighted by molar-refractivity contribution is 5.28. The van der Waals surface area contributed by atoms with Crippen LogP contribution in [-0.4, -0.2) is 6.54 Å². The molecule has 1 aromatic rings. The van der Waals surface area contributed by atoms with E-state index in [0.29, 0.717) is 17.7 Å². The second-order valence-electron chi connectivity index (χ2n) is 3.26. The smallest absolute Gasteiger partial charge is 0.129 e. The Morgan fingerprint density at radius 3 is 2.46 bits per heavy atom. The van der Waals surface area contributed by atoms with E-state index in [4.69, 9.17) is 5.73 Å². The molecule has 1 unspecified atom stereocenters. The highest BCUT2D eigenvalue weighted by Gasteiger charge is 2.11. The Balaban J connectivity index is 3.15. The first-order chi connectivity index (χ1) is 6.06.